The Morgan fingerprint density at radius 2 is 2.36 bits per heavy atom. The number of amides is 1. The van der Waals surface area contributed by atoms with E-state index in [1.54, 1.807) is 20.8 Å². The van der Waals surface area contributed by atoms with Crippen LogP contribution in [0.1, 0.15) is 27.2 Å². The van der Waals surface area contributed by atoms with Gasteiger partial charge in [0, 0.05) is 0 Å². The van der Waals surface area contributed by atoms with E-state index in [4.69, 9.17) is 9.57 Å². The van der Waals surface area contributed by atoms with Gasteiger partial charge in [-0.25, -0.2) is 4.79 Å². The number of hydrogen-bond acceptors (Lipinski definition) is 4. The molecule has 0 aliphatic carbocycles. The van der Waals surface area contributed by atoms with E-state index in [1.165, 1.54) is 0 Å². The van der Waals surface area contributed by atoms with Crippen LogP contribution in [0.25, 0.3) is 0 Å². The first-order valence-corrected chi connectivity index (χ1v) is 5.04. The zero-order valence-electron chi connectivity index (χ0n) is 8.33. The Kier molecular flexibility index (Phi) is 3.36. The molecule has 1 aliphatic rings. The summed E-state index contributed by atoms with van der Waals surface area (Å²) in [5.74, 6) is 0. The van der Waals surface area contributed by atoms with Crippen LogP contribution in [0.4, 0.5) is 4.79 Å². The maximum atomic E-state index is 11.2. The second-order valence-electron chi connectivity index (χ2n) is 3.91. The van der Waals surface area contributed by atoms with Gasteiger partial charge in [-0.2, -0.15) is 0 Å². The molecule has 6 heteroatoms. The van der Waals surface area contributed by atoms with Crippen molar-refractivity contribution in [1.29, 1.82) is 0 Å². The lowest BCUT2D eigenvalue weighted by Gasteiger charge is -2.20. The second-order valence-corrected chi connectivity index (χ2v) is 4.83. The summed E-state index contributed by atoms with van der Waals surface area (Å²) in [6.45, 7) is 5.40. The Bertz CT molecular complexity index is 260. The van der Waals surface area contributed by atoms with E-state index < -0.39 is 17.9 Å². The minimum atomic E-state index is -0.500. The number of halogens is 1. The molecule has 1 unspecified atom stereocenters. The number of oxime groups is 1. The van der Waals surface area contributed by atoms with Crippen LogP contribution in [0.2, 0.25) is 0 Å². The van der Waals surface area contributed by atoms with Crippen LogP contribution < -0.4 is 5.32 Å². The first kappa shape index (κ1) is 11.3. The molecule has 0 aromatic rings. The van der Waals surface area contributed by atoms with E-state index in [1.807, 2.05) is 0 Å². The van der Waals surface area contributed by atoms with Gasteiger partial charge in [0.05, 0.1) is 6.42 Å². The van der Waals surface area contributed by atoms with E-state index >= 15 is 0 Å². The predicted octanol–water partition coefficient (Wildman–Crippen LogP) is 1.97. The number of alkyl carbamates (subject to hydrolysis) is 1. The third-order valence-corrected chi connectivity index (χ3v) is 1.78. The Hall–Kier alpha value is -0.780. The summed E-state index contributed by atoms with van der Waals surface area (Å²) in [4.78, 5) is 16.1. The summed E-state index contributed by atoms with van der Waals surface area (Å²) in [6, 6.07) is 0. The Morgan fingerprint density at radius 3 is 2.79 bits per heavy atom. The lowest BCUT2D eigenvalue weighted by Crippen LogP contribution is -2.39. The molecule has 14 heavy (non-hydrogen) atoms. The molecule has 0 radical (unpaired) electrons. The average Bonchev–Trinajstić information content (AvgIpc) is 2.30. The number of ether oxygens (including phenoxy) is 1. The van der Waals surface area contributed by atoms with Gasteiger partial charge in [-0.1, -0.05) is 5.16 Å². The van der Waals surface area contributed by atoms with Gasteiger partial charge >= 0.3 is 6.09 Å². The van der Waals surface area contributed by atoms with Gasteiger partial charge < -0.3 is 9.57 Å². The molecule has 0 fully saturated rings. The number of carbonyl (C=O) groups is 1. The lowest BCUT2D eigenvalue weighted by atomic mass is 10.2. The molecule has 0 aromatic heterocycles. The van der Waals surface area contributed by atoms with Gasteiger partial charge in [-0.15, -0.1) is 0 Å². The van der Waals surface area contributed by atoms with Crippen molar-refractivity contribution >= 4 is 26.6 Å². The van der Waals surface area contributed by atoms with Crippen molar-refractivity contribution in [2.75, 3.05) is 0 Å². The third-order valence-electron chi connectivity index (χ3n) is 1.31. The SMILES string of the molecule is CC(C)(C)OC(=O)NC1CC(Br)=NO1. The monoisotopic (exact) mass is 264 g/mol. The summed E-state index contributed by atoms with van der Waals surface area (Å²) < 4.78 is 5.72. The van der Waals surface area contributed by atoms with Gasteiger partial charge in [0.25, 0.3) is 0 Å². The van der Waals surface area contributed by atoms with Crippen LogP contribution >= 0.6 is 15.9 Å². The van der Waals surface area contributed by atoms with Crippen molar-refractivity contribution in [3.8, 4) is 0 Å². The van der Waals surface area contributed by atoms with E-state index in [9.17, 15) is 4.79 Å². The molecule has 0 saturated carbocycles. The van der Waals surface area contributed by atoms with Crippen LogP contribution in [0.3, 0.4) is 0 Å². The molecule has 0 saturated heterocycles. The van der Waals surface area contributed by atoms with Gasteiger partial charge in [-0.3, -0.25) is 5.32 Å². The number of nitrogens with one attached hydrogen (secondary N) is 1. The predicted molar refractivity (Wildman–Crippen MR) is 55.2 cm³/mol. The fraction of sp³-hybridized carbons (Fsp3) is 0.750. The molecule has 0 aromatic carbocycles. The van der Waals surface area contributed by atoms with Crippen molar-refractivity contribution in [1.82, 2.24) is 5.32 Å². The Morgan fingerprint density at radius 1 is 1.71 bits per heavy atom. The number of nitrogens with zero attached hydrogens (tertiary/aromatic N) is 1. The Labute approximate surface area is 90.9 Å². The molecule has 1 atom stereocenters. The minimum Gasteiger partial charge on any atom is -0.444 e. The molecule has 1 amide bonds. The van der Waals surface area contributed by atoms with Crippen LogP contribution in [0.15, 0.2) is 5.16 Å². The zero-order chi connectivity index (χ0) is 10.8. The Balaban J connectivity index is 2.29. The largest absolute Gasteiger partial charge is 0.444 e. The van der Waals surface area contributed by atoms with Gasteiger partial charge in [-0.05, 0) is 36.7 Å². The number of rotatable bonds is 1. The standard InChI is InChI=1S/C8H13BrN2O3/c1-8(2,3)13-7(12)10-6-4-5(9)11-14-6/h6H,4H2,1-3H3,(H,10,12). The molecular formula is C8H13BrN2O3. The van der Waals surface area contributed by atoms with Crippen molar-refractivity contribution in [3.63, 3.8) is 0 Å². The molecule has 1 aliphatic heterocycles. The normalized spacial score (nSPS) is 21.1. The summed E-state index contributed by atoms with van der Waals surface area (Å²) in [5, 5.41) is 6.17. The van der Waals surface area contributed by atoms with Crippen molar-refractivity contribution in [3.05, 3.63) is 0 Å². The van der Waals surface area contributed by atoms with Gasteiger partial charge in [0.15, 0.2) is 0 Å². The van der Waals surface area contributed by atoms with Crippen molar-refractivity contribution in [2.24, 2.45) is 5.16 Å². The van der Waals surface area contributed by atoms with E-state index in [-0.39, 0.29) is 0 Å². The smallest absolute Gasteiger partial charge is 0.410 e. The summed E-state index contributed by atoms with van der Waals surface area (Å²) in [5.41, 5.74) is -0.499. The van der Waals surface area contributed by atoms with Crippen LogP contribution in [0.5, 0.6) is 0 Å². The lowest BCUT2D eigenvalue weighted by molar-refractivity contribution is 0.0201. The van der Waals surface area contributed by atoms with Crippen LogP contribution in [0, 0.1) is 0 Å². The molecule has 1 N–H and O–H groups in total. The fourth-order valence-electron chi connectivity index (χ4n) is 0.865. The van der Waals surface area contributed by atoms with Crippen LogP contribution in [-0.2, 0) is 9.57 Å². The summed E-state index contributed by atoms with van der Waals surface area (Å²) >= 11 is 3.16. The number of carbonyl (C=O) groups excluding carboxylic acids is 1. The van der Waals surface area contributed by atoms with E-state index in [0.29, 0.717) is 11.0 Å². The molecular weight excluding hydrogens is 252 g/mol. The molecule has 5 nitrogen and oxygen atoms in total. The highest BCUT2D eigenvalue weighted by Crippen LogP contribution is 2.13. The van der Waals surface area contributed by atoms with Crippen molar-refractivity contribution in [2.45, 2.75) is 39.0 Å². The van der Waals surface area contributed by atoms with Gasteiger partial charge in [0.2, 0.25) is 6.23 Å². The topological polar surface area (TPSA) is 59.9 Å². The highest BCUT2D eigenvalue weighted by molar-refractivity contribution is 9.18. The molecule has 1 rings (SSSR count). The number of hydrogen-bond donors (Lipinski definition) is 1. The molecule has 0 bridgehead atoms. The highest BCUT2D eigenvalue weighted by atomic mass is 79.9. The van der Waals surface area contributed by atoms with Crippen LogP contribution in [-0.4, -0.2) is 22.5 Å². The van der Waals surface area contributed by atoms with E-state index in [0.717, 1.165) is 0 Å². The minimum absolute atomic E-state index is 0.431. The second kappa shape index (κ2) is 4.16. The van der Waals surface area contributed by atoms with Gasteiger partial charge in [0.1, 0.15) is 10.2 Å². The first-order chi connectivity index (χ1) is 6.37. The highest BCUT2D eigenvalue weighted by Gasteiger charge is 2.24. The molecule has 80 valence electrons. The van der Waals surface area contributed by atoms with E-state index in [2.05, 4.69) is 26.4 Å². The first-order valence-electron chi connectivity index (χ1n) is 4.24. The molecule has 0 spiro atoms. The molecule has 1 heterocycles. The van der Waals surface area contributed by atoms with Crippen molar-refractivity contribution < 1.29 is 14.4 Å². The fourth-order valence-corrected chi connectivity index (χ4v) is 1.24. The summed E-state index contributed by atoms with van der Waals surface area (Å²) in [6.07, 6.45) is -0.404. The maximum absolute atomic E-state index is 11.2. The quantitative estimate of drug-likeness (QED) is 0.788. The third kappa shape index (κ3) is 3.95. The average molecular weight is 265 g/mol. The maximum Gasteiger partial charge on any atom is 0.410 e. The zero-order valence-corrected chi connectivity index (χ0v) is 9.92. The summed E-state index contributed by atoms with van der Waals surface area (Å²) in [7, 11) is 0.